The van der Waals surface area contributed by atoms with Gasteiger partial charge in [-0.2, -0.15) is 5.10 Å². The number of hydrazone groups is 1. The number of carbonyl (C=O) groups excluding carboxylic acids is 1. The van der Waals surface area contributed by atoms with Crippen LogP contribution in [0.15, 0.2) is 65.3 Å². The Labute approximate surface area is 148 Å². The van der Waals surface area contributed by atoms with Crippen LogP contribution in [-0.4, -0.2) is 35.2 Å². The predicted octanol–water partition coefficient (Wildman–Crippen LogP) is 4.25. The van der Waals surface area contributed by atoms with Crippen molar-refractivity contribution >= 4 is 18.3 Å². The third kappa shape index (κ3) is 3.07. The monoisotopic (exact) mass is 331 g/mol. The van der Waals surface area contributed by atoms with Gasteiger partial charge in [0.15, 0.2) is 0 Å². The molecule has 25 heavy (non-hydrogen) atoms. The lowest BCUT2D eigenvalue weighted by Crippen LogP contribution is -2.49. The van der Waals surface area contributed by atoms with Gasteiger partial charge in [0.25, 0.3) is 0 Å². The first-order chi connectivity index (χ1) is 12.2. The van der Waals surface area contributed by atoms with E-state index in [0.717, 1.165) is 12.0 Å². The van der Waals surface area contributed by atoms with E-state index in [1.807, 2.05) is 41.4 Å². The number of nitrogens with zero attached hydrogens (tertiary/aromatic N) is 3. The van der Waals surface area contributed by atoms with Crippen LogP contribution in [0.1, 0.15) is 29.2 Å². The number of rotatable bonds is 2. The Morgan fingerprint density at radius 1 is 1.08 bits per heavy atom. The third-order valence-corrected chi connectivity index (χ3v) is 4.82. The Kier molecular flexibility index (Phi) is 4.10. The maximum absolute atomic E-state index is 12.8. The molecule has 0 N–H and O–H groups in total. The number of amides is 2. The molecule has 1 saturated heterocycles. The molecule has 2 amide bonds. The van der Waals surface area contributed by atoms with Gasteiger partial charge >= 0.3 is 6.03 Å². The number of likely N-dealkylation sites (tertiary alicyclic amines) is 1. The van der Waals surface area contributed by atoms with Gasteiger partial charge < -0.3 is 4.90 Å². The normalized spacial score (nSPS) is 19.1. The van der Waals surface area contributed by atoms with Gasteiger partial charge in [-0.3, -0.25) is 0 Å². The summed E-state index contributed by atoms with van der Waals surface area (Å²) in [6.45, 7) is 3.47. The minimum absolute atomic E-state index is 0.00969. The second-order valence-corrected chi connectivity index (χ2v) is 6.60. The summed E-state index contributed by atoms with van der Waals surface area (Å²) in [7, 11) is 0. The summed E-state index contributed by atoms with van der Waals surface area (Å²) in [5.74, 6) is 0. The first-order valence-corrected chi connectivity index (χ1v) is 8.63. The van der Waals surface area contributed by atoms with Crippen molar-refractivity contribution in [3.05, 3.63) is 76.9 Å². The second kappa shape index (κ2) is 6.55. The minimum atomic E-state index is -0.00969. The zero-order chi connectivity index (χ0) is 17.2. The molecule has 2 aliphatic heterocycles. The van der Waals surface area contributed by atoms with Gasteiger partial charge in [0.1, 0.15) is 0 Å². The van der Waals surface area contributed by atoms with E-state index in [1.165, 1.54) is 16.7 Å². The van der Waals surface area contributed by atoms with E-state index in [4.69, 9.17) is 0 Å². The molecule has 126 valence electrons. The molecule has 4 rings (SSSR count). The lowest BCUT2D eigenvalue weighted by atomic mass is 10.0. The highest BCUT2D eigenvalue weighted by Gasteiger charge is 2.35. The maximum Gasteiger partial charge on any atom is 0.341 e. The summed E-state index contributed by atoms with van der Waals surface area (Å²) in [5, 5.41) is 5.94. The number of carbonyl (C=O) groups is 1. The smallest absolute Gasteiger partial charge is 0.315 e. The molecule has 2 aliphatic rings. The Morgan fingerprint density at radius 2 is 1.80 bits per heavy atom. The molecule has 0 bridgehead atoms. The van der Waals surface area contributed by atoms with Gasteiger partial charge in [-0.1, -0.05) is 60.7 Å². The van der Waals surface area contributed by atoms with Gasteiger partial charge in [0, 0.05) is 25.7 Å². The Balaban J connectivity index is 1.43. The molecule has 0 radical (unpaired) electrons. The van der Waals surface area contributed by atoms with Crippen LogP contribution in [0.25, 0.3) is 6.08 Å². The molecular weight excluding hydrogens is 310 g/mol. The number of aryl methyl sites for hydroxylation is 1. The Morgan fingerprint density at radius 3 is 2.56 bits per heavy atom. The van der Waals surface area contributed by atoms with E-state index in [2.05, 4.69) is 42.4 Å². The fraction of sp³-hybridized carbons (Fsp3) is 0.238. The van der Waals surface area contributed by atoms with Crippen LogP contribution < -0.4 is 0 Å². The molecule has 1 fully saturated rings. The third-order valence-electron chi connectivity index (χ3n) is 4.82. The molecule has 1 atom stereocenters. The van der Waals surface area contributed by atoms with Crippen molar-refractivity contribution in [2.75, 3.05) is 13.1 Å². The van der Waals surface area contributed by atoms with Crippen LogP contribution in [0.5, 0.6) is 0 Å². The average Bonchev–Trinajstić information content (AvgIpc) is 3.09. The Bertz CT molecular complexity index is 833. The summed E-state index contributed by atoms with van der Waals surface area (Å²) in [6.07, 6.45) is 4.80. The number of hydrogen-bond acceptors (Lipinski definition) is 2. The molecule has 0 saturated carbocycles. The van der Waals surface area contributed by atoms with E-state index in [0.29, 0.717) is 13.1 Å². The van der Waals surface area contributed by atoms with Crippen LogP contribution in [0.3, 0.4) is 0 Å². The molecule has 0 aromatic heterocycles. The summed E-state index contributed by atoms with van der Waals surface area (Å²) in [6, 6.07) is 18.4. The van der Waals surface area contributed by atoms with Crippen LogP contribution >= 0.6 is 0 Å². The predicted molar refractivity (Wildman–Crippen MR) is 100 cm³/mol. The number of urea groups is 1. The van der Waals surface area contributed by atoms with Crippen molar-refractivity contribution in [2.45, 2.75) is 19.4 Å². The van der Waals surface area contributed by atoms with Crippen molar-refractivity contribution < 1.29 is 4.79 Å². The van der Waals surface area contributed by atoms with Crippen LogP contribution in [0.2, 0.25) is 0 Å². The SMILES string of the molecule is Cc1ccccc1C=C1CN(C(=O)N2N=CCC2c2ccccc2)C1. The average molecular weight is 331 g/mol. The quantitative estimate of drug-likeness (QED) is 0.810. The molecule has 0 aliphatic carbocycles. The lowest BCUT2D eigenvalue weighted by Gasteiger charge is -2.37. The van der Waals surface area contributed by atoms with Crippen LogP contribution in [0, 0.1) is 6.92 Å². The molecule has 4 heteroatoms. The summed E-state index contributed by atoms with van der Waals surface area (Å²) in [4.78, 5) is 14.6. The fourth-order valence-electron chi connectivity index (χ4n) is 3.33. The lowest BCUT2D eigenvalue weighted by molar-refractivity contribution is 0.136. The number of hydrogen-bond donors (Lipinski definition) is 0. The first-order valence-electron chi connectivity index (χ1n) is 8.63. The number of benzene rings is 2. The Hall–Kier alpha value is -2.88. The van der Waals surface area contributed by atoms with Crippen molar-refractivity contribution in [2.24, 2.45) is 5.10 Å². The van der Waals surface area contributed by atoms with Crippen molar-refractivity contribution in [3.8, 4) is 0 Å². The minimum Gasteiger partial charge on any atom is -0.315 e. The summed E-state index contributed by atoms with van der Waals surface area (Å²) >= 11 is 0. The first kappa shape index (κ1) is 15.6. The maximum atomic E-state index is 12.8. The topological polar surface area (TPSA) is 35.9 Å². The molecule has 2 aromatic carbocycles. The molecular formula is C21H21N3O. The van der Waals surface area contributed by atoms with E-state index in [-0.39, 0.29) is 12.1 Å². The standard InChI is InChI=1S/C21H21N3O/c1-16-7-5-6-10-19(16)13-17-14-23(15-17)21(25)24-20(11-12-22-24)18-8-3-2-4-9-18/h2-10,12-13,20H,11,14-15H2,1H3. The summed E-state index contributed by atoms with van der Waals surface area (Å²) in [5.41, 5.74) is 4.89. The van der Waals surface area contributed by atoms with Crippen molar-refractivity contribution in [3.63, 3.8) is 0 Å². The van der Waals surface area contributed by atoms with Gasteiger partial charge in [-0.15, -0.1) is 0 Å². The summed E-state index contributed by atoms with van der Waals surface area (Å²) < 4.78 is 0. The van der Waals surface area contributed by atoms with E-state index >= 15 is 0 Å². The van der Waals surface area contributed by atoms with Crippen molar-refractivity contribution in [1.29, 1.82) is 0 Å². The van der Waals surface area contributed by atoms with Gasteiger partial charge in [0.05, 0.1) is 6.04 Å². The van der Waals surface area contributed by atoms with Crippen molar-refractivity contribution in [1.82, 2.24) is 9.91 Å². The fourth-order valence-corrected chi connectivity index (χ4v) is 3.33. The zero-order valence-electron chi connectivity index (χ0n) is 14.3. The van der Waals surface area contributed by atoms with Crippen LogP contribution in [-0.2, 0) is 0 Å². The molecule has 2 aromatic rings. The highest BCUT2D eigenvalue weighted by Crippen LogP contribution is 2.31. The van der Waals surface area contributed by atoms with E-state index < -0.39 is 0 Å². The van der Waals surface area contributed by atoms with Gasteiger partial charge in [-0.05, 0) is 29.2 Å². The van der Waals surface area contributed by atoms with Gasteiger partial charge in [-0.25, -0.2) is 9.80 Å². The second-order valence-electron chi connectivity index (χ2n) is 6.60. The zero-order valence-corrected chi connectivity index (χ0v) is 14.3. The highest BCUT2D eigenvalue weighted by molar-refractivity contribution is 5.81. The van der Waals surface area contributed by atoms with Crippen LogP contribution in [0.4, 0.5) is 4.79 Å². The molecule has 1 unspecified atom stereocenters. The highest BCUT2D eigenvalue weighted by atomic mass is 16.2. The molecule has 2 heterocycles. The van der Waals surface area contributed by atoms with E-state index in [1.54, 1.807) is 5.01 Å². The van der Waals surface area contributed by atoms with E-state index in [9.17, 15) is 4.79 Å². The molecule has 0 spiro atoms. The largest absolute Gasteiger partial charge is 0.341 e. The molecule has 4 nitrogen and oxygen atoms in total. The van der Waals surface area contributed by atoms with Gasteiger partial charge in [0.2, 0.25) is 0 Å².